The summed E-state index contributed by atoms with van der Waals surface area (Å²) in [5.74, 6) is 1.66. The third kappa shape index (κ3) is 4.17. The molecule has 0 bridgehead atoms. The molecule has 4 nitrogen and oxygen atoms in total. The molecule has 0 amide bonds. The molecular formula is C21H26N2O2S. The van der Waals surface area contributed by atoms with Crippen LogP contribution in [0.2, 0.25) is 0 Å². The zero-order valence-electron chi connectivity index (χ0n) is 15.2. The first-order chi connectivity index (χ1) is 12.8. The van der Waals surface area contributed by atoms with Crippen molar-refractivity contribution >= 4 is 11.9 Å². The van der Waals surface area contributed by atoms with Gasteiger partial charge in [0.05, 0.1) is 0 Å². The molecule has 1 saturated heterocycles. The van der Waals surface area contributed by atoms with Crippen LogP contribution in [0.15, 0.2) is 48.5 Å². The van der Waals surface area contributed by atoms with Gasteiger partial charge in [-0.2, -0.15) is 0 Å². The molecule has 1 atom stereocenters. The average Bonchev–Trinajstić information content (AvgIpc) is 2.70. The van der Waals surface area contributed by atoms with Crippen molar-refractivity contribution < 1.29 is 9.47 Å². The van der Waals surface area contributed by atoms with Crippen molar-refractivity contribution in [3.05, 3.63) is 59.7 Å². The van der Waals surface area contributed by atoms with Gasteiger partial charge < -0.3 is 9.47 Å². The molecule has 1 fully saturated rings. The Kier molecular flexibility index (Phi) is 5.68. The van der Waals surface area contributed by atoms with Crippen LogP contribution in [0.4, 0.5) is 0 Å². The first kappa shape index (κ1) is 17.7. The van der Waals surface area contributed by atoms with Crippen molar-refractivity contribution in [3.8, 4) is 11.5 Å². The number of likely N-dealkylation sites (tertiary alicyclic amines) is 1. The standard InChI is InChI=1S/C21H26N2O2S/c1-26-22-18-10-12-23(13-11-18)14-16-6-8-17(9-7-16)21-15-24-19-4-2-3-5-20(19)25-21/h2-9,18,21-22H,10-15H2,1H3/t21-/m1/s1. The maximum absolute atomic E-state index is 6.10. The summed E-state index contributed by atoms with van der Waals surface area (Å²) < 4.78 is 15.4. The number of nitrogens with one attached hydrogen (secondary N) is 1. The molecule has 138 valence electrons. The molecule has 0 saturated carbocycles. The normalized spacial score (nSPS) is 20.9. The molecule has 2 aromatic rings. The lowest BCUT2D eigenvalue weighted by Crippen LogP contribution is -2.39. The summed E-state index contributed by atoms with van der Waals surface area (Å²) in [4.78, 5) is 2.55. The minimum atomic E-state index is -0.0349. The van der Waals surface area contributed by atoms with Gasteiger partial charge in [0.1, 0.15) is 6.61 Å². The summed E-state index contributed by atoms with van der Waals surface area (Å²) in [6.07, 6.45) is 4.53. The highest BCUT2D eigenvalue weighted by Gasteiger charge is 2.22. The van der Waals surface area contributed by atoms with Crippen LogP contribution in [0.5, 0.6) is 11.5 Å². The molecular weight excluding hydrogens is 344 g/mol. The molecule has 4 rings (SSSR count). The van der Waals surface area contributed by atoms with Crippen molar-refractivity contribution in [2.75, 3.05) is 26.0 Å². The number of rotatable bonds is 5. The smallest absolute Gasteiger partial charge is 0.162 e. The SMILES string of the molecule is CSNC1CCN(Cc2ccc([C@H]3COc4ccccc4O3)cc2)CC1. The lowest BCUT2D eigenvalue weighted by Gasteiger charge is -2.32. The van der Waals surface area contributed by atoms with Crippen LogP contribution in [0, 0.1) is 0 Å². The van der Waals surface area contributed by atoms with E-state index in [1.54, 1.807) is 11.9 Å². The zero-order valence-corrected chi connectivity index (χ0v) is 16.0. The van der Waals surface area contributed by atoms with Gasteiger partial charge in [0.25, 0.3) is 0 Å². The van der Waals surface area contributed by atoms with Crippen LogP contribution < -0.4 is 14.2 Å². The van der Waals surface area contributed by atoms with Gasteiger partial charge >= 0.3 is 0 Å². The Labute approximate surface area is 160 Å². The van der Waals surface area contributed by atoms with Gasteiger partial charge in [-0.25, -0.2) is 0 Å². The van der Waals surface area contributed by atoms with E-state index in [0.29, 0.717) is 12.6 Å². The molecule has 26 heavy (non-hydrogen) atoms. The predicted molar refractivity (Wildman–Crippen MR) is 107 cm³/mol. The van der Waals surface area contributed by atoms with Crippen molar-refractivity contribution in [1.29, 1.82) is 0 Å². The molecule has 2 aliphatic rings. The molecule has 5 heteroatoms. The van der Waals surface area contributed by atoms with Gasteiger partial charge in [0, 0.05) is 12.6 Å². The second-order valence-corrected chi connectivity index (χ2v) is 7.62. The number of hydrogen-bond acceptors (Lipinski definition) is 5. The molecule has 0 aromatic heterocycles. The van der Waals surface area contributed by atoms with E-state index < -0.39 is 0 Å². The van der Waals surface area contributed by atoms with Gasteiger partial charge in [0.15, 0.2) is 17.6 Å². The van der Waals surface area contributed by atoms with E-state index in [4.69, 9.17) is 9.47 Å². The van der Waals surface area contributed by atoms with E-state index in [-0.39, 0.29) is 6.10 Å². The molecule has 0 spiro atoms. The molecule has 0 unspecified atom stereocenters. The second kappa shape index (κ2) is 8.33. The molecule has 1 N–H and O–H groups in total. The van der Waals surface area contributed by atoms with Gasteiger partial charge in [-0.3, -0.25) is 9.62 Å². The quantitative estimate of drug-likeness (QED) is 0.804. The van der Waals surface area contributed by atoms with Crippen LogP contribution >= 0.6 is 11.9 Å². The Morgan fingerprint density at radius 1 is 1.04 bits per heavy atom. The summed E-state index contributed by atoms with van der Waals surface area (Å²) in [7, 11) is 0. The Hall–Kier alpha value is -1.69. The number of benzene rings is 2. The van der Waals surface area contributed by atoms with E-state index in [9.17, 15) is 0 Å². The first-order valence-electron chi connectivity index (χ1n) is 9.30. The molecule has 0 aliphatic carbocycles. The Balaban J connectivity index is 1.33. The molecule has 2 aromatic carbocycles. The highest BCUT2D eigenvalue weighted by atomic mass is 32.2. The maximum atomic E-state index is 6.10. The van der Waals surface area contributed by atoms with Crippen LogP contribution in [0.25, 0.3) is 0 Å². The van der Waals surface area contributed by atoms with E-state index >= 15 is 0 Å². The fourth-order valence-electron chi connectivity index (χ4n) is 3.66. The van der Waals surface area contributed by atoms with Crippen molar-refractivity contribution in [2.24, 2.45) is 0 Å². The minimum absolute atomic E-state index is 0.0349. The number of hydrogen-bond donors (Lipinski definition) is 1. The van der Waals surface area contributed by atoms with Gasteiger partial charge in [-0.05, 0) is 55.4 Å². The third-order valence-electron chi connectivity index (χ3n) is 5.14. The lowest BCUT2D eigenvalue weighted by atomic mass is 10.0. The fraction of sp³-hybridized carbons (Fsp3) is 0.429. The number of piperidine rings is 1. The van der Waals surface area contributed by atoms with Crippen molar-refractivity contribution in [3.63, 3.8) is 0 Å². The van der Waals surface area contributed by atoms with Crippen molar-refractivity contribution in [1.82, 2.24) is 9.62 Å². The van der Waals surface area contributed by atoms with Crippen LogP contribution in [0.1, 0.15) is 30.1 Å². The largest absolute Gasteiger partial charge is 0.485 e. The van der Waals surface area contributed by atoms with E-state index in [0.717, 1.165) is 31.1 Å². The highest BCUT2D eigenvalue weighted by Crippen LogP contribution is 2.35. The van der Waals surface area contributed by atoms with Crippen LogP contribution in [0.3, 0.4) is 0 Å². The maximum Gasteiger partial charge on any atom is 0.162 e. The zero-order chi connectivity index (χ0) is 17.8. The predicted octanol–water partition coefficient (Wildman–Crippen LogP) is 4.03. The van der Waals surface area contributed by atoms with E-state index in [1.807, 2.05) is 24.3 Å². The summed E-state index contributed by atoms with van der Waals surface area (Å²) in [5, 5.41) is 0. The van der Waals surface area contributed by atoms with Gasteiger partial charge in [0.2, 0.25) is 0 Å². The van der Waals surface area contributed by atoms with Crippen LogP contribution in [-0.2, 0) is 6.54 Å². The molecule has 2 heterocycles. The van der Waals surface area contributed by atoms with Crippen molar-refractivity contribution in [2.45, 2.75) is 31.5 Å². The van der Waals surface area contributed by atoms with Crippen LogP contribution in [-0.4, -0.2) is 36.9 Å². The minimum Gasteiger partial charge on any atom is -0.485 e. The van der Waals surface area contributed by atoms with E-state index in [2.05, 4.69) is 40.1 Å². The van der Waals surface area contributed by atoms with Gasteiger partial charge in [-0.15, -0.1) is 0 Å². The second-order valence-electron chi connectivity index (χ2n) is 6.98. The monoisotopic (exact) mass is 370 g/mol. The number of fused-ring (bicyclic) bond motifs is 1. The fourth-order valence-corrected chi connectivity index (χ4v) is 4.22. The Bertz CT molecular complexity index is 714. The summed E-state index contributed by atoms with van der Waals surface area (Å²) in [6.45, 7) is 3.91. The van der Waals surface area contributed by atoms with E-state index in [1.165, 1.54) is 24.0 Å². The Morgan fingerprint density at radius 2 is 1.77 bits per heavy atom. The number of para-hydroxylation sites is 2. The molecule has 0 radical (unpaired) electrons. The summed E-state index contributed by atoms with van der Waals surface area (Å²) in [6, 6.07) is 17.3. The highest BCUT2D eigenvalue weighted by molar-refractivity contribution is 7.96. The average molecular weight is 371 g/mol. The summed E-state index contributed by atoms with van der Waals surface area (Å²) in [5.41, 5.74) is 2.54. The topological polar surface area (TPSA) is 33.7 Å². The number of ether oxygens (including phenoxy) is 2. The summed E-state index contributed by atoms with van der Waals surface area (Å²) >= 11 is 1.73. The third-order valence-corrected chi connectivity index (χ3v) is 5.71. The lowest BCUT2D eigenvalue weighted by molar-refractivity contribution is 0.0912. The van der Waals surface area contributed by atoms with Gasteiger partial charge in [-0.1, -0.05) is 48.3 Å². The molecule has 2 aliphatic heterocycles. The Morgan fingerprint density at radius 3 is 2.50 bits per heavy atom. The number of nitrogens with zero attached hydrogens (tertiary/aromatic N) is 1. The first-order valence-corrected chi connectivity index (χ1v) is 10.5.